The standard InChI is InChI=1S/C22H21F3N2O2/c23-22(24,25)16-9-10-19-18(13-16)26-20(11-8-14-4-1-2-5-14)27(19)17-7-3-6-15(12-17)21(28)29/h3,6-7,9-10,12-14H,1-2,4-5,8,11H2,(H,28,29). The molecule has 0 spiro atoms. The first-order valence-electron chi connectivity index (χ1n) is 9.75. The molecule has 0 aliphatic heterocycles. The van der Waals surface area contributed by atoms with E-state index in [1.54, 1.807) is 16.7 Å². The summed E-state index contributed by atoms with van der Waals surface area (Å²) in [5.41, 5.74) is 0.784. The first-order chi connectivity index (χ1) is 13.8. The Morgan fingerprint density at radius 1 is 1.14 bits per heavy atom. The molecule has 1 aromatic heterocycles. The fourth-order valence-corrected chi connectivity index (χ4v) is 4.17. The van der Waals surface area contributed by atoms with E-state index in [4.69, 9.17) is 0 Å². The van der Waals surface area contributed by atoms with Crippen LogP contribution in [-0.2, 0) is 12.6 Å². The van der Waals surface area contributed by atoms with Gasteiger partial charge in [-0.05, 0) is 48.7 Å². The zero-order valence-electron chi connectivity index (χ0n) is 15.7. The summed E-state index contributed by atoms with van der Waals surface area (Å²) in [6.45, 7) is 0. The van der Waals surface area contributed by atoms with Crippen molar-refractivity contribution < 1.29 is 23.1 Å². The SMILES string of the molecule is O=C(O)c1cccc(-n2c(CCC3CCCC3)nc3cc(C(F)(F)F)ccc32)c1. The third-order valence-corrected chi connectivity index (χ3v) is 5.65. The minimum atomic E-state index is -4.44. The average molecular weight is 402 g/mol. The summed E-state index contributed by atoms with van der Waals surface area (Å²) in [5, 5.41) is 9.31. The maximum absolute atomic E-state index is 13.1. The Morgan fingerprint density at radius 3 is 2.59 bits per heavy atom. The van der Waals surface area contributed by atoms with Gasteiger partial charge in [0.05, 0.1) is 22.2 Å². The number of aryl methyl sites for hydroxylation is 1. The molecule has 152 valence electrons. The predicted molar refractivity (Wildman–Crippen MR) is 103 cm³/mol. The summed E-state index contributed by atoms with van der Waals surface area (Å²) < 4.78 is 41.2. The van der Waals surface area contributed by atoms with E-state index in [-0.39, 0.29) is 11.1 Å². The van der Waals surface area contributed by atoms with E-state index in [0.29, 0.717) is 29.4 Å². The predicted octanol–water partition coefficient (Wildman–Crippen LogP) is 5.87. The highest BCUT2D eigenvalue weighted by Gasteiger charge is 2.31. The van der Waals surface area contributed by atoms with Gasteiger partial charge in [-0.1, -0.05) is 31.7 Å². The number of hydrogen-bond acceptors (Lipinski definition) is 2. The van der Waals surface area contributed by atoms with Gasteiger partial charge in [-0.15, -0.1) is 0 Å². The number of nitrogens with zero attached hydrogens (tertiary/aromatic N) is 2. The van der Waals surface area contributed by atoms with Gasteiger partial charge in [0.25, 0.3) is 0 Å². The molecule has 1 N–H and O–H groups in total. The third-order valence-electron chi connectivity index (χ3n) is 5.65. The molecule has 0 atom stereocenters. The molecule has 1 aliphatic carbocycles. The highest BCUT2D eigenvalue weighted by Crippen LogP contribution is 2.34. The summed E-state index contributed by atoms with van der Waals surface area (Å²) in [7, 11) is 0. The van der Waals surface area contributed by atoms with Crippen molar-refractivity contribution in [3.05, 3.63) is 59.4 Å². The second-order valence-corrected chi connectivity index (χ2v) is 7.61. The van der Waals surface area contributed by atoms with Crippen molar-refractivity contribution in [3.8, 4) is 5.69 Å². The van der Waals surface area contributed by atoms with E-state index in [2.05, 4.69) is 4.98 Å². The molecule has 0 unspecified atom stereocenters. The number of carboxylic acids is 1. The monoisotopic (exact) mass is 402 g/mol. The first-order valence-corrected chi connectivity index (χ1v) is 9.75. The van der Waals surface area contributed by atoms with Crippen molar-refractivity contribution in [1.82, 2.24) is 9.55 Å². The maximum atomic E-state index is 13.1. The molecule has 29 heavy (non-hydrogen) atoms. The lowest BCUT2D eigenvalue weighted by Gasteiger charge is -2.12. The lowest BCUT2D eigenvalue weighted by molar-refractivity contribution is -0.137. The third kappa shape index (κ3) is 3.99. The van der Waals surface area contributed by atoms with Gasteiger partial charge in [0.15, 0.2) is 0 Å². The highest BCUT2D eigenvalue weighted by molar-refractivity contribution is 5.88. The van der Waals surface area contributed by atoms with Gasteiger partial charge in [0.1, 0.15) is 5.82 Å². The van der Waals surface area contributed by atoms with Crippen LogP contribution >= 0.6 is 0 Å². The van der Waals surface area contributed by atoms with Crippen molar-refractivity contribution >= 4 is 17.0 Å². The zero-order chi connectivity index (χ0) is 20.6. The number of fused-ring (bicyclic) bond motifs is 1. The minimum Gasteiger partial charge on any atom is -0.478 e. The van der Waals surface area contributed by atoms with Gasteiger partial charge >= 0.3 is 12.1 Å². The quantitative estimate of drug-likeness (QED) is 0.581. The van der Waals surface area contributed by atoms with Gasteiger partial charge in [0.2, 0.25) is 0 Å². The molecular formula is C22H21F3N2O2. The van der Waals surface area contributed by atoms with Gasteiger partial charge < -0.3 is 5.11 Å². The van der Waals surface area contributed by atoms with Gasteiger partial charge in [-0.25, -0.2) is 9.78 Å². The summed E-state index contributed by atoms with van der Waals surface area (Å²) in [5.74, 6) is 0.219. The van der Waals surface area contributed by atoms with Crippen LogP contribution in [0.4, 0.5) is 13.2 Å². The lowest BCUT2D eigenvalue weighted by atomic mass is 10.0. The van der Waals surface area contributed by atoms with E-state index >= 15 is 0 Å². The van der Waals surface area contributed by atoms with Crippen LogP contribution < -0.4 is 0 Å². The number of rotatable bonds is 5. The molecule has 7 heteroatoms. The normalized spacial score (nSPS) is 15.3. The molecule has 1 saturated carbocycles. The molecule has 1 aliphatic rings. The molecule has 0 amide bonds. The highest BCUT2D eigenvalue weighted by atomic mass is 19.4. The lowest BCUT2D eigenvalue weighted by Crippen LogP contribution is -2.06. The number of imidazole rings is 1. The summed E-state index contributed by atoms with van der Waals surface area (Å²) in [6, 6.07) is 9.93. The average Bonchev–Trinajstić information content (AvgIpc) is 3.32. The number of carbonyl (C=O) groups is 1. The smallest absolute Gasteiger partial charge is 0.416 e. The molecule has 0 bridgehead atoms. The van der Waals surface area contributed by atoms with E-state index in [1.165, 1.54) is 43.9 Å². The van der Waals surface area contributed by atoms with Gasteiger partial charge in [0, 0.05) is 12.1 Å². The number of benzene rings is 2. The van der Waals surface area contributed by atoms with Crippen LogP contribution in [0.15, 0.2) is 42.5 Å². The second-order valence-electron chi connectivity index (χ2n) is 7.61. The molecule has 4 rings (SSSR count). The minimum absolute atomic E-state index is 0.123. The molecule has 0 saturated heterocycles. The molecule has 4 nitrogen and oxygen atoms in total. The van der Waals surface area contributed by atoms with Gasteiger partial charge in [-0.2, -0.15) is 13.2 Å². The topological polar surface area (TPSA) is 55.1 Å². The Bertz CT molecular complexity index is 1050. The van der Waals surface area contributed by atoms with Crippen LogP contribution in [0.3, 0.4) is 0 Å². The van der Waals surface area contributed by atoms with E-state index in [9.17, 15) is 23.1 Å². The number of alkyl halides is 3. The van der Waals surface area contributed by atoms with Crippen molar-refractivity contribution in [2.24, 2.45) is 5.92 Å². The summed E-state index contributed by atoms with van der Waals surface area (Å²) in [6.07, 6.45) is 1.91. The fourth-order valence-electron chi connectivity index (χ4n) is 4.17. The molecule has 0 radical (unpaired) electrons. The number of aromatic carboxylic acids is 1. The molecular weight excluding hydrogens is 381 g/mol. The van der Waals surface area contributed by atoms with Crippen molar-refractivity contribution in [3.63, 3.8) is 0 Å². The number of halogens is 3. The van der Waals surface area contributed by atoms with E-state index in [1.807, 2.05) is 0 Å². The van der Waals surface area contributed by atoms with Crippen LogP contribution in [0.1, 0.15) is 53.8 Å². The van der Waals surface area contributed by atoms with E-state index < -0.39 is 17.7 Å². The Kier molecular flexibility index (Phi) is 5.06. The summed E-state index contributed by atoms with van der Waals surface area (Å²) >= 11 is 0. The van der Waals surface area contributed by atoms with Crippen LogP contribution in [-0.4, -0.2) is 20.6 Å². The Morgan fingerprint density at radius 2 is 1.90 bits per heavy atom. The summed E-state index contributed by atoms with van der Waals surface area (Å²) in [4.78, 5) is 15.9. The first kappa shape index (κ1) is 19.5. The Hall–Kier alpha value is -2.83. The largest absolute Gasteiger partial charge is 0.478 e. The molecule has 2 aromatic carbocycles. The van der Waals surface area contributed by atoms with Gasteiger partial charge in [-0.3, -0.25) is 4.57 Å². The van der Waals surface area contributed by atoms with Crippen molar-refractivity contribution in [1.29, 1.82) is 0 Å². The van der Waals surface area contributed by atoms with Crippen molar-refractivity contribution in [2.75, 3.05) is 0 Å². The van der Waals surface area contributed by atoms with Crippen LogP contribution in [0.2, 0.25) is 0 Å². The van der Waals surface area contributed by atoms with Crippen molar-refractivity contribution in [2.45, 2.75) is 44.7 Å². The number of carboxylic acid groups (broad SMARTS) is 1. The number of hydrogen-bond donors (Lipinski definition) is 1. The van der Waals surface area contributed by atoms with Crippen LogP contribution in [0.5, 0.6) is 0 Å². The zero-order valence-corrected chi connectivity index (χ0v) is 15.7. The number of aromatic nitrogens is 2. The molecule has 1 fully saturated rings. The van der Waals surface area contributed by atoms with E-state index in [0.717, 1.165) is 18.6 Å². The van der Waals surface area contributed by atoms with Crippen LogP contribution in [0.25, 0.3) is 16.7 Å². The Balaban J connectivity index is 1.81. The Labute approximate surface area is 166 Å². The molecule has 1 heterocycles. The fraction of sp³-hybridized carbons (Fsp3) is 0.364. The maximum Gasteiger partial charge on any atom is 0.416 e. The van der Waals surface area contributed by atoms with Crippen LogP contribution in [0, 0.1) is 5.92 Å². The molecule has 3 aromatic rings. The second kappa shape index (κ2) is 7.54.